The molecule has 8 nitrogen and oxygen atoms in total. The molecule has 4 rings (SSSR count). The van der Waals surface area contributed by atoms with Gasteiger partial charge in [-0.3, -0.25) is 14.6 Å². The monoisotopic (exact) mass is 414 g/mol. The van der Waals surface area contributed by atoms with E-state index in [1.807, 2.05) is 28.8 Å². The van der Waals surface area contributed by atoms with Gasteiger partial charge in [-0.15, -0.1) is 0 Å². The molecule has 0 aliphatic carbocycles. The first-order chi connectivity index (χ1) is 15.0. The molecule has 0 bridgehead atoms. The first kappa shape index (κ1) is 20.2. The van der Waals surface area contributed by atoms with Crippen LogP contribution in [0.2, 0.25) is 0 Å². The van der Waals surface area contributed by atoms with Crippen molar-refractivity contribution in [3.8, 4) is 0 Å². The number of anilines is 1. The zero-order valence-corrected chi connectivity index (χ0v) is 17.3. The molecular formula is C23H22N6O2. The Morgan fingerprint density at radius 2 is 1.84 bits per heavy atom. The summed E-state index contributed by atoms with van der Waals surface area (Å²) in [6.45, 7) is 0.603. The Morgan fingerprint density at radius 1 is 1.03 bits per heavy atom. The van der Waals surface area contributed by atoms with Crippen LogP contribution in [-0.4, -0.2) is 50.3 Å². The van der Waals surface area contributed by atoms with Crippen LogP contribution in [0.3, 0.4) is 0 Å². The number of nitrogens with zero attached hydrogens (tertiary/aromatic N) is 5. The van der Waals surface area contributed by atoms with E-state index in [1.54, 1.807) is 62.1 Å². The highest BCUT2D eigenvalue weighted by Crippen LogP contribution is 2.16. The Morgan fingerprint density at radius 3 is 2.55 bits per heavy atom. The third-order valence-electron chi connectivity index (χ3n) is 4.86. The van der Waals surface area contributed by atoms with Gasteiger partial charge in [-0.1, -0.05) is 18.2 Å². The Bertz CT molecular complexity index is 1220. The van der Waals surface area contributed by atoms with Gasteiger partial charge in [0, 0.05) is 38.4 Å². The highest BCUT2D eigenvalue weighted by molar-refractivity contribution is 6.05. The van der Waals surface area contributed by atoms with Crippen LogP contribution in [0.5, 0.6) is 0 Å². The summed E-state index contributed by atoms with van der Waals surface area (Å²) in [6, 6.07) is 12.8. The van der Waals surface area contributed by atoms with Crippen LogP contribution in [0, 0.1) is 0 Å². The summed E-state index contributed by atoms with van der Waals surface area (Å²) in [6.07, 6.45) is 7.11. The number of rotatable bonds is 6. The maximum atomic E-state index is 12.7. The number of likely N-dealkylation sites (N-methyl/N-ethyl adjacent to an activating group) is 1. The molecule has 4 aromatic rings. The molecule has 3 heterocycles. The Balaban J connectivity index is 1.45. The van der Waals surface area contributed by atoms with Crippen molar-refractivity contribution >= 4 is 28.7 Å². The molecule has 0 atom stereocenters. The van der Waals surface area contributed by atoms with Crippen LogP contribution in [0.15, 0.2) is 67.4 Å². The summed E-state index contributed by atoms with van der Waals surface area (Å²) in [5.41, 5.74) is 4.35. The number of nitrogens with one attached hydrogen (secondary N) is 1. The topological polar surface area (TPSA) is 93.0 Å². The minimum absolute atomic E-state index is 0.0270. The minimum Gasteiger partial charge on any atom is -0.349 e. The maximum Gasteiger partial charge on any atom is 0.257 e. The van der Waals surface area contributed by atoms with Gasteiger partial charge in [0.25, 0.3) is 5.91 Å². The first-order valence-corrected chi connectivity index (χ1v) is 9.80. The van der Waals surface area contributed by atoms with Gasteiger partial charge in [0.2, 0.25) is 5.91 Å². The number of fused-ring (bicyclic) bond motifs is 1. The summed E-state index contributed by atoms with van der Waals surface area (Å²) < 4.78 is 1.92. The van der Waals surface area contributed by atoms with Crippen molar-refractivity contribution in [2.45, 2.75) is 13.0 Å². The van der Waals surface area contributed by atoms with Gasteiger partial charge < -0.3 is 14.8 Å². The summed E-state index contributed by atoms with van der Waals surface area (Å²) in [5, 5.41) is 2.86. The van der Waals surface area contributed by atoms with E-state index in [0.29, 0.717) is 35.4 Å². The van der Waals surface area contributed by atoms with Crippen molar-refractivity contribution in [3.63, 3.8) is 0 Å². The summed E-state index contributed by atoms with van der Waals surface area (Å²) in [5.74, 6) is -0.243. The van der Waals surface area contributed by atoms with Crippen LogP contribution in [0.1, 0.15) is 21.5 Å². The molecule has 0 aliphatic rings. The molecule has 1 N–H and O–H groups in total. The average molecular weight is 414 g/mol. The molecule has 0 spiro atoms. The Kier molecular flexibility index (Phi) is 5.70. The number of hydrogen-bond acceptors (Lipinski definition) is 5. The fraction of sp³-hybridized carbons (Fsp3) is 0.174. The van der Waals surface area contributed by atoms with Crippen LogP contribution >= 0.6 is 0 Å². The number of carbonyl (C=O) groups is 2. The van der Waals surface area contributed by atoms with Crippen LogP contribution in [0.4, 0.5) is 5.69 Å². The van der Waals surface area contributed by atoms with E-state index in [9.17, 15) is 9.59 Å². The van der Waals surface area contributed by atoms with Crippen LogP contribution < -0.4 is 5.32 Å². The molecule has 3 aromatic heterocycles. The number of benzene rings is 1. The number of pyridine rings is 2. The van der Waals surface area contributed by atoms with Gasteiger partial charge in [0.1, 0.15) is 5.52 Å². The minimum atomic E-state index is -0.270. The van der Waals surface area contributed by atoms with Gasteiger partial charge in [-0.25, -0.2) is 9.97 Å². The fourth-order valence-corrected chi connectivity index (χ4v) is 3.12. The Hall–Kier alpha value is -4.07. The largest absolute Gasteiger partial charge is 0.349 e. The van der Waals surface area contributed by atoms with Crippen LogP contribution in [0.25, 0.3) is 11.2 Å². The molecule has 31 heavy (non-hydrogen) atoms. The molecule has 1 aromatic carbocycles. The van der Waals surface area contributed by atoms with E-state index < -0.39 is 0 Å². The lowest BCUT2D eigenvalue weighted by molar-refractivity contribution is -0.127. The van der Waals surface area contributed by atoms with Crippen molar-refractivity contribution in [2.24, 2.45) is 0 Å². The van der Waals surface area contributed by atoms with E-state index in [0.717, 1.165) is 11.1 Å². The molecule has 0 radical (unpaired) electrons. The molecule has 156 valence electrons. The zero-order chi connectivity index (χ0) is 21.8. The SMILES string of the molecule is CN(C)C(=O)Cc1ccc(NC(=O)c2cnc3c(c2)ncn3Cc2cccnc2)cc1. The number of amides is 2. The highest BCUT2D eigenvalue weighted by Gasteiger charge is 2.12. The van der Waals surface area contributed by atoms with Gasteiger partial charge >= 0.3 is 0 Å². The second-order valence-electron chi connectivity index (χ2n) is 7.42. The predicted molar refractivity (Wildman–Crippen MR) is 118 cm³/mol. The molecule has 0 aliphatic heterocycles. The van der Waals surface area contributed by atoms with Gasteiger partial charge in [-0.05, 0) is 35.4 Å². The second kappa shape index (κ2) is 8.74. The number of hydrogen-bond donors (Lipinski definition) is 1. The quantitative estimate of drug-likeness (QED) is 0.524. The second-order valence-corrected chi connectivity index (χ2v) is 7.42. The molecule has 8 heteroatoms. The lowest BCUT2D eigenvalue weighted by Gasteiger charge is -2.10. The smallest absolute Gasteiger partial charge is 0.257 e. The van der Waals surface area contributed by atoms with Gasteiger partial charge in [-0.2, -0.15) is 0 Å². The summed E-state index contributed by atoms with van der Waals surface area (Å²) in [4.78, 5) is 39.0. The zero-order valence-electron chi connectivity index (χ0n) is 17.3. The lowest BCUT2D eigenvalue weighted by atomic mass is 10.1. The van der Waals surface area contributed by atoms with Crippen molar-refractivity contribution in [2.75, 3.05) is 19.4 Å². The molecule has 0 saturated carbocycles. The standard InChI is InChI=1S/C23H22N6O2/c1-28(2)21(30)10-16-5-7-19(8-6-16)27-23(31)18-11-20-22(25-13-18)29(15-26-20)14-17-4-3-9-24-12-17/h3-9,11-13,15H,10,14H2,1-2H3,(H,27,31). The highest BCUT2D eigenvalue weighted by atomic mass is 16.2. The van der Waals surface area contributed by atoms with E-state index in [1.165, 1.54) is 0 Å². The van der Waals surface area contributed by atoms with Crippen molar-refractivity contribution < 1.29 is 9.59 Å². The lowest BCUT2D eigenvalue weighted by Crippen LogP contribution is -2.23. The van der Waals surface area contributed by atoms with E-state index in [-0.39, 0.29) is 11.8 Å². The average Bonchev–Trinajstić information content (AvgIpc) is 3.17. The number of carbonyl (C=O) groups excluding carboxylic acids is 2. The van der Waals surface area contributed by atoms with Crippen molar-refractivity contribution in [1.29, 1.82) is 0 Å². The third-order valence-corrected chi connectivity index (χ3v) is 4.86. The molecular weight excluding hydrogens is 392 g/mol. The predicted octanol–water partition coefficient (Wildman–Crippen LogP) is 2.76. The normalized spacial score (nSPS) is 10.8. The van der Waals surface area contributed by atoms with Gasteiger partial charge in [0.05, 0.1) is 24.9 Å². The van der Waals surface area contributed by atoms with Crippen molar-refractivity contribution in [3.05, 3.63) is 84.1 Å². The van der Waals surface area contributed by atoms with Crippen molar-refractivity contribution in [1.82, 2.24) is 24.4 Å². The molecule has 0 unspecified atom stereocenters. The molecule has 2 amide bonds. The maximum absolute atomic E-state index is 12.7. The van der Waals surface area contributed by atoms with Gasteiger partial charge in [0.15, 0.2) is 5.65 Å². The third kappa shape index (κ3) is 4.75. The van der Waals surface area contributed by atoms with E-state index in [2.05, 4.69) is 20.3 Å². The summed E-state index contributed by atoms with van der Waals surface area (Å²) >= 11 is 0. The van der Waals surface area contributed by atoms with E-state index >= 15 is 0 Å². The van der Waals surface area contributed by atoms with E-state index in [4.69, 9.17) is 0 Å². The first-order valence-electron chi connectivity index (χ1n) is 9.80. The number of imidazole rings is 1. The van der Waals surface area contributed by atoms with Crippen LogP contribution in [-0.2, 0) is 17.8 Å². The number of aromatic nitrogens is 4. The molecule has 0 fully saturated rings. The Labute approximate surface area is 179 Å². The molecule has 0 saturated heterocycles. The fourth-order valence-electron chi connectivity index (χ4n) is 3.12. The summed E-state index contributed by atoms with van der Waals surface area (Å²) in [7, 11) is 3.45.